The molecule has 0 aliphatic rings. The molecule has 1 aromatic heterocycles. The molecule has 1 N–H and O–H groups in total. The standard InChI is InChI=1S/C16H21BrN2O/c1-16(2,3)19-10-6-9-15-18-11-14(20-15)12-7-4-5-8-13(12)17/h4-5,7-8,11,19H,6,9-10H2,1-3H3. The van der Waals surface area contributed by atoms with Crippen molar-refractivity contribution in [3.05, 3.63) is 40.8 Å². The number of rotatable bonds is 5. The van der Waals surface area contributed by atoms with Crippen molar-refractivity contribution in [1.82, 2.24) is 10.3 Å². The van der Waals surface area contributed by atoms with Gasteiger partial charge in [0, 0.05) is 22.0 Å². The topological polar surface area (TPSA) is 38.1 Å². The van der Waals surface area contributed by atoms with Crippen molar-refractivity contribution in [3.63, 3.8) is 0 Å². The number of aryl methyl sites for hydroxylation is 1. The summed E-state index contributed by atoms with van der Waals surface area (Å²) in [4.78, 5) is 4.35. The van der Waals surface area contributed by atoms with E-state index in [1.54, 1.807) is 6.20 Å². The van der Waals surface area contributed by atoms with Crippen molar-refractivity contribution in [2.75, 3.05) is 6.54 Å². The predicted octanol–water partition coefficient (Wildman–Crippen LogP) is 4.42. The van der Waals surface area contributed by atoms with E-state index >= 15 is 0 Å². The first kappa shape index (κ1) is 15.3. The normalized spacial score (nSPS) is 11.8. The van der Waals surface area contributed by atoms with E-state index in [1.807, 2.05) is 24.3 Å². The first-order chi connectivity index (χ1) is 9.46. The maximum Gasteiger partial charge on any atom is 0.194 e. The molecule has 0 amide bonds. The number of hydrogen-bond acceptors (Lipinski definition) is 3. The van der Waals surface area contributed by atoms with Gasteiger partial charge in [0.15, 0.2) is 11.7 Å². The van der Waals surface area contributed by atoms with Crippen molar-refractivity contribution in [1.29, 1.82) is 0 Å². The van der Waals surface area contributed by atoms with Gasteiger partial charge in [0.2, 0.25) is 0 Å². The minimum atomic E-state index is 0.163. The lowest BCUT2D eigenvalue weighted by Crippen LogP contribution is -2.36. The van der Waals surface area contributed by atoms with Crippen LogP contribution in [0, 0.1) is 0 Å². The van der Waals surface area contributed by atoms with Crippen LogP contribution in [0.3, 0.4) is 0 Å². The highest BCUT2D eigenvalue weighted by Crippen LogP contribution is 2.28. The maximum absolute atomic E-state index is 5.81. The van der Waals surface area contributed by atoms with Gasteiger partial charge in [-0.15, -0.1) is 0 Å². The fourth-order valence-electron chi connectivity index (χ4n) is 1.91. The molecule has 0 saturated carbocycles. The molecule has 2 rings (SSSR count). The number of nitrogens with one attached hydrogen (secondary N) is 1. The zero-order valence-corrected chi connectivity index (χ0v) is 13.8. The van der Waals surface area contributed by atoms with Crippen LogP contribution in [0.15, 0.2) is 39.4 Å². The molecule has 4 heteroatoms. The van der Waals surface area contributed by atoms with Gasteiger partial charge in [-0.1, -0.05) is 34.1 Å². The summed E-state index contributed by atoms with van der Waals surface area (Å²) in [5.74, 6) is 1.61. The highest BCUT2D eigenvalue weighted by Gasteiger charge is 2.10. The maximum atomic E-state index is 5.81. The third-order valence-corrected chi connectivity index (χ3v) is 3.61. The van der Waals surface area contributed by atoms with E-state index in [-0.39, 0.29) is 5.54 Å². The summed E-state index contributed by atoms with van der Waals surface area (Å²) < 4.78 is 6.84. The highest BCUT2D eigenvalue weighted by atomic mass is 79.9. The molecule has 0 radical (unpaired) electrons. The van der Waals surface area contributed by atoms with Crippen LogP contribution in [0.4, 0.5) is 0 Å². The van der Waals surface area contributed by atoms with Crippen molar-refractivity contribution in [2.45, 2.75) is 39.2 Å². The zero-order chi connectivity index (χ0) is 14.6. The fourth-order valence-corrected chi connectivity index (χ4v) is 2.39. The molecular weight excluding hydrogens is 316 g/mol. The van der Waals surface area contributed by atoms with E-state index in [0.717, 1.165) is 41.1 Å². The van der Waals surface area contributed by atoms with Gasteiger partial charge in [0.1, 0.15) is 0 Å². The van der Waals surface area contributed by atoms with Gasteiger partial charge in [-0.2, -0.15) is 0 Å². The van der Waals surface area contributed by atoms with Gasteiger partial charge >= 0.3 is 0 Å². The average molecular weight is 337 g/mol. The molecule has 0 unspecified atom stereocenters. The van der Waals surface area contributed by atoms with E-state index in [2.05, 4.69) is 47.0 Å². The van der Waals surface area contributed by atoms with Gasteiger partial charge in [-0.05, 0) is 39.8 Å². The Morgan fingerprint density at radius 1 is 1.25 bits per heavy atom. The molecular formula is C16H21BrN2O. The number of oxazole rings is 1. The number of aromatic nitrogens is 1. The molecule has 3 nitrogen and oxygen atoms in total. The molecule has 1 heterocycles. The van der Waals surface area contributed by atoms with Crippen LogP contribution in [-0.2, 0) is 6.42 Å². The first-order valence-corrected chi connectivity index (χ1v) is 7.70. The number of benzene rings is 1. The summed E-state index contributed by atoms with van der Waals surface area (Å²) in [6, 6.07) is 8.01. The van der Waals surface area contributed by atoms with Crippen LogP contribution >= 0.6 is 15.9 Å². The van der Waals surface area contributed by atoms with Gasteiger partial charge in [-0.3, -0.25) is 0 Å². The molecule has 2 aromatic rings. The molecule has 0 spiro atoms. The third kappa shape index (κ3) is 4.46. The quantitative estimate of drug-likeness (QED) is 0.821. The highest BCUT2D eigenvalue weighted by molar-refractivity contribution is 9.10. The van der Waals surface area contributed by atoms with Crippen molar-refractivity contribution in [3.8, 4) is 11.3 Å². The van der Waals surface area contributed by atoms with Crippen molar-refractivity contribution < 1.29 is 4.42 Å². The number of halogens is 1. The third-order valence-electron chi connectivity index (χ3n) is 2.92. The van der Waals surface area contributed by atoms with Crippen LogP contribution < -0.4 is 5.32 Å². The van der Waals surface area contributed by atoms with Gasteiger partial charge < -0.3 is 9.73 Å². The van der Waals surface area contributed by atoms with Crippen LogP contribution in [-0.4, -0.2) is 17.1 Å². The lowest BCUT2D eigenvalue weighted by atomic mass is 10.1. The van der Waals surface area contributed by atoms with Gasteiger partial charge in [0.25, 0.3) is 0 Å². The summed E-state index contributed by atoms with van der Waals surface area (Å²) >= 11 is 3.53. The second-order valence-electron chi connectivity index (χ2n) is 5.88. The Hall–Kier alpha value is -1.13. The summed E-state index contributed by atoms with van der Waals surface area (Å²) in [5.41, 5.74) is 1.20. The molecule has 1 aromatic carbocycles. The lowest BCUT2D eigenvalue weighted by molar-refractivity contribution is 0.412. The van der Waals surface area contributed by atoms with Crippen molar-refractivity contribution in [2.24, 2.45) is 0 Å². The Bertz CT molecular complexity index is 558. The molecule has 20 heavy (non-hydrogen) atoms. The van der Waals surface area contributed by atoms with Gasteiger partial charge in [-0.25, -0.2) is 4.98 Å². The van der Waals surface area contributed by atoms with Crippen LogP contribution in [0.5, 0.6) is 0 Å². The monoisotopic (exact) mass is 336 g/mol. The zero-order valence-electron chi connectivity index (χ0n) is 12.2. The summed E-state index contributed by atoms with van der Waals surface area (Å²) in [7, 11) is 0. The number of nitrogens with zero attached hydrogens (tertiary/aromatic N) is 1. The summed E-state index contributed by atoms with van der Waals surface area (Å²) in [6.45, 7) is 7.48. The van der Waals surface area contributed by atoms with Crippen LogP contribution in [0.1, 0.15) is 33.1 Å². The van der Waals surface area contributed by atoms with E-state index in [4.69, 9.17) is 4.42 Å². The molecule has 108 valence electrons. The van der Waals surface area contributed by atoms with E-state index < -0.39 is 0 Å². The predicted molar refractivity (Wildman–Crippen MR) is 85.7 cm³/mol. The lowest BCUT2D eigenvalue weighted by Gasteiger charge is -2.20. The smallest absolute Gasteiger partial charge is 0.194 e. The molecule has 0 aliphatic carbocycles. The minimum absolute atomic E-state index is 0.163. The Labute approximate surface area is 128 Å². The average Bonchev–Trinajstić information content (AvgIpc) is 2.83. The van der Waals surface area contributed by atoms with Crippen LogP contribution in [0.25, 0.3) is 11.3 Å². The Balaban J connectivity index is 1.92. The largest absolute Gasteiger partial charge is 0.441 e. The molecule has 0 fully saturated rings. The summed E-state index contributed by atoms with van der Waals surface area (Å²) in [5, 5.41) is 3.46. The van der Waals surface area contributed by atoms with Crippen LogP contribution in [0.2, 0.25) is 0 Å². The summed E-state index contributed by atoms with van der Waals surface area (Å²) in [6.07, 6.45) is 3.67. The molecule has 0 aliphatic heterocycles. The second kappa shape index (κ2) is 6.55. The minimum Gasteiger partial charge on any atom is -0.441 e. The molecule has 0 atom stereocenters. The fraction of sp³-hybridized carbons (Fsp3) is 0.438. The molecule has 0 bridgehead atoms. The van der Waals surface area contributed by atoms with Crippen molar-refractivity contribution >= 4 is 15.9 Å². The Kier molecular flexibility index (Phi) is 5.00. The van der Waals surface area contributed by atoms with Gasteiger partial charge in [0.05, 0.1) is 6.20 Å². The SMILES string of the molecule is CC(C)(C)NCCCc1ncc(-c2ccccc2Br)o1. The first-order valence-electron chi connectivity index (χ1n) is 6.90. The second-order valence-corrected chi connectivity index (χ2v) is 6.73. The molecule has 0 saturated heterocycles. The van der Waals surface area contributed by atoms with E-state index in [1.165, 1.54) is 0 Å². The van der Waals surface area contributed by atoms with E-state index in [9.17, 15) is 0 Å². The number of hydrogen-bond donors (Lipinski definition) is 1. The Morgan fingerprint density at radius 2 is 2.00 bits per heavy atom. The van der Waals surface area contributed by atoms with E-state index in [0.29, 0.717) is 0 Å². The Morgan fingerprint density at radius 3 is 2.70 bits per heavy atom.